The van der Waals surface area contributed by atoms with Crippen molar-refractivity contribution in [3.63, 3.8) is 0 Å². The lowest BCUT2D eigenvalue weighted by Crippen LogP contribution is -2.31. The Hall–Kier alpha value is -2.62. The molecule has 4 rings (SSSR count). The lowest BCUT2D eigenvalue weighted by atomic mass is 9.96. The zero-order chi connectivity index (χ0) is 16.5. The minimum Gasteiger partial charge on any atom is -0.352 e. The molecule has 2 heterocycles. The van der Waals surface area contributed by atoms with Crippen molar-refractivity contribution in [1.29, 1.82) is 0 Å². The molecule has 4 nitrogen and oxygen atoms in total. The molecule has 4 heteroatoms. The smallest absolute Gasteiger partial charge is 0.251 e. The van der Waals surface area contributed by atoms with Crippen LogP contribution in [0.25, 0.3) is 0 Å². The predicted octanol–water partition coefficient (Wildman–Crippen LogP) is 2.49. The number of amides is 2. The van der Waals surface area contributed by atoms with Gasteiger partial charge in [-0.15, -0.1) is 0 Å². The first-order chi connectivity index (χ1) is 11.7. The Labute approximate surface area is 141 Å². The molecule has 2 aromatic rings. The standard InChI is InChI=1S/C20H20N2O2/c23-18-13-16-12-17(11-15-7-4-10-22(18)19(15)16)20(24)21-9-8-14-5-2-1-3-6-14/h1-3,5-6,11-12H,4,7-10,13H2,(H,21,24). The summed E-state index contributed by atoms with van der Waals surface area (Å²) in [6, 6.07) is 14.0. The first-order valence-corrected chi connectivity index (χ1v) is 8.50. The van der Waals surface area contributed by atoms with Crippen LogP contribution in [-0.4, -0.2) is 24.9 Å². The molecule has 1 N–H and O–H groups in total. The monoisotopic (exact) mass is 320 g/mol. The second-order valence-electron chi connectivity index (χ2n) is 6.46. The van der Waals surface area contributed by atoms with Crippen molar-refractivity contribution in [2.75, 3.05) is 18.0 Å². The van der Waals surface area contributed by atoms with Gasteiger partial charge in [-0.1, -0.05) is 30.3 Å². The van der Waals surface area contributed by atoms with Crippen LogP contribution in [0.3, 0.4) is 0 Å². The fraction of sp³-hybridized carbons (Fsp3) is 0.300. The van der Waals surface area contributed by atoms with Gasteiger partial charge in [-0.2, -0.15) is 0 Å². The number of anilines is 1. The molecule has 0 radical (unpaired) electrons. The van der Waals surface area contributed by atoms with Gasteiger partial charge < -0.3 is 10.2 Å². The van der Waals surface area contributed by atoms with E-state index in [9.17, 15) is 9.59 Å². The number of carbonyl (C=O) groups excluding carboxylic acids is 2. The third-order valence-corrected chi connectivity index (χ3v) is 4.81. The highest BCUT2D eigenvalue weighted by Gasteiger charge is 2.32. The molecule has 2 aromatic carbocycles. The van der Waals surface area contributed by atoms with E-state index in [0.29, 0.717) is 18.5 Å². The number of hydrogen-bond acceptors (Lipinski definition) is 2. The average Bonchev–Trinajstić information content (AvgIpc) is 2.93. The molecule has 0 spiro atoms. The van der Waals surface area contributed by atoms with E-state index in [1.165, 1.54) is 5.56 Å². The van der Waals surface area contributed by atoms with Gasteiger partial charge in [0.15, 0.2) is 0 Å². The molecule has 0 atom stereocenters. The van der Waals surface area contributed by atoms with E-state index in [1.54, 1.807) is 0 Å². The maximum atomic E-state index is 12.5. The van der Waals surface area contributed by atoms with Gasteiger partial charge in [0.05, 0.1) is 12.1 Å². The van der Waals surface area contributed by atoms with E-state index < -0.39 is 0 Å². The molecule has 0 saturated carbocycles. The summed E-state index contributed by atoms with van der Waals surface area (Å²) in [6.45, 7) is 1.42. The zero-order valence-corrected chi connectivity index (χ0v) is 13.5. The Morgan fingerprint density at radius 1 is 1.12 bits per heavy atom. The largest absolute Gasteiger partial charge is 0.352 e. The molecular formula is C20H20N2O2. The first-order valence-electron chi connectivity index (χ1n) is 8.50. The quantitative estimate of drug-likeness (QED) is 0.941. The Morgan fingerprint density at radius 3 is 2.75 bits per heavy atom. The molecule has 122 valence electrons. The molecule has 0 unspecified atom stereocenters. The number of nitrogens with one attached hydrogen (secondary N) is 1. The van der Waals surface area contributed by atoms with E-state index in [1.807, 2.05) is 35.2 Å². The third-order valence-electron chi connectivity index (χ3n) is 4.81. The number of benzene rings is 2. The van der Waals surface area contributed by atoms with Crippen LogP contribution in [0, 0.1) is 0 Å². The van der Waals surface area contributed by atoms with E-state index in [2.05, 4.69) is 17.4 Å². The fourth-order valence-corrected chi connectivity index (χ4v) is 3.68. The van der Waals surface area contributed by atoms with Crippen LogP contribution in [0.1, 0.15) is 33.5 Å². The van der Waals surface area contributed by atoms with Gasteiger partial charge in [0.25, 0.3) is 5.91 Å². The van der Waals surface area contributed by atoms with Gasteiger partial charge in [0.1, 0.15) is 0 Å². The van der Waals surface area contributed by atoms with Crippen LogP contribution in [0.2, 0.25) is 0 Å². The molecule has 0 aliphatic carbocycles. The summed E-state index contributed by atoms with van der Waals surface area (Å²) in [6.07, 6.45) is 3.15. The second-order valence-corrected chi connectivity index (χ2v) is 6.46. The first kappa shape index (κ1) is 14.9. The van der Waals surface area contributed by atoms with Crippen LogP contribution in [0.15, 0.2) is 42.5 Å². The number of carbonyl (C=O) groups is 2. The van der Waals surface area contributed by atoms with Crippen LogP contribution >= 0.6 is 0 Å². The number of aryl methyl sites for hydroxylation is 1. The van der Waals surface area contributed by atoms with Crippen LogP contribution < -0.4 is 10.2 Å². The molecule has 0 aromatic heterocycles. The maximum absolute atomic E-state index is 12.5. The molecule has 0 saturated heterocycles. The topological polar surface area (TPSA) is 49.4 Å². The van der Waals surface area contributed by atoms with Crippen LogP contribution in [-0.2, 0) is 24.1 Å². The van der Waals surface area contributed by atoms with Crippen molar-refractivity contribution in [2.24, 2.45) is 0 Å². The summed E-state index contributed by atoms with van der Waals surface area (Å²) in [5.74, 6) is 0.106. The predicted molar refractivity (Wildman–Crippen MR) is 93.3 cm³/mol. The molecule has 2 aliphatic rings. The van der Waals surface area contributed by atoms with E-state index >= 15 is 0 Å². The minimum absolute atomic E-state index is 0.0542. The fourth-order valence-electron chi connectivity index (χ4n) is 3.68. The molecule has 0 fully saturated rings. The molecular weight excluding hydrogens is 300 g/mol. The van der Waals surface area contributed by atoms with Crippen LogP contribution in [0.4, 0.5) is 5.69 Å². The summed E-state index contributed by atoms with van der Waals surface area (Å²) in [5, 5.41) is 2.99. The van der Waals surface area contributed by atoms with Crippen molar-refractivity contribution in [3.8, 4) is 0 Å². The van der Waals surface area contributed by atoms with Crippen LogP contribution in [0.5, 0.6) is 0 Å². The molecule has 2 aliphatic heterocycles. The lowest BCUT2D eigenvalue weighted by Gasteiger charge is -2.25. The van der Waals surface area contributed by atoms with Gasteiger partial charge in [-0.05, 0) is 48.1 Å². The zero-order valence-electron chi connectivity index (χ0n) is 13.5. The highest BCUT2D eigenvalue weighted by atomic mass is 16.2. The summed E-state index contributed by atoms with van der Waals surface area (Å²) >= 11 is 0. The summed E-state index contributed by atoms with van der Waals surface area (Å²) in [5.41, 5.74) is 5.09. The second kappa shape index (κ2) is 6.11. The minimum atomic E-state index is -0.0542. The van der Waals surface area contributed by atoms with E-state index in [0.717, 1.165) is 42.6 Å². The van der Waals surface area contributed by atoms with Crippen molar-refractivity contribution in [1.82, 2.24) is 5.32 Å². The van der Waals surface area contributed by atoms with Gasteiger partial charge in [-0.25, -0.2) is 0 Å². The van der Waals surface area contributed by atoms with Gasteiger partial charge in [-0.3, -0.25) is 9.59 Å². The Morgan fingerprint density at radius 2 is 1.92 bits per heavy atom. The van der Waals surface area contributed by atoms with Crippen molar-refractivity contribution in [2.45, 2.75) is 25.7 Å². The summed E-state index contributed by atoms with van der Waals surface area (Å²) < 4.78 is 0. The normalized spacial score (nSPS) is 15.3. The summed E-state index contributed by atoms with van der Waals surface area (Å²) in [7, 11) is 0. The maximum Gasteiger partial charge on any atom is 0.251 e. The van der Waals surface area contributed by atoms with Gasteiger partial charge in [0.2, 0.25) is 5.91 Å². The Balaban J connectivity index is 1.48. The highest BCUT2D eigenvalue weighted by molar-refractivity contribution is 6.04. The highest BCUT2D eigenvalue weighted by Crippen LogP contribution is 2.37. The van der Waals surface area contributed by atoms with Gasteiger partial charge in [0, 0.05) is 18.7 Å². The van der Waals surface area contributed by atoms with Gasteiger partial charge >= 0.3 is 0 Å². The number of rotatable bonds is 4. The van der Waals surface area contributed by atoms with Crippen molar-refractivity contribution in [3.05, 3.63) is 64.7 Å². The Kier molecular flexibility index (Phi) is 3.81. The van der Waals surface area contributed by atoms with E-state index in [4.69, 9.17) is 0 Å². The van der Waals surface area contributed by atoms with E-state index in [-0.39, 0.29) is 11.8 Å². The molecule has 2 amide bonds. The van der Waals surface area contributed by atoms with Crippen molar-refractivity contribution < 1.29 is 9.59 Å². The molecule has 0 bridgehead atoms. The average molecular weight is 320 g/mol. The lowest BCUT2D eigenvalue weighted by molar-refractivity contribution is -0.117. The summed E-state index contributed by atoms with van der Waals surface area (Å²) in [4.78, 5) is 26.4. The Bertz CT molecular complexity index is 799. The number of nitrogens with zero attached hydrogens (tertiary/aromatic N) is 1. The number of hydrogen-bond donors (Lipinski definition) is 1. The SMILES string of the molecule is O=C(NCCc1ccccc1)c1cc2c3c(c1)CC(=O)N3CCC2. The third kappa shape index (κ3) is 2.68. The molecule has 24 heavy (non-hydrogen) atoms. The van der Waals surface area contributed by atoms with Crippen molar-refractivity contribution >= 4 is 17.5 Å².